The molecule has 4 aromatic rings. The van der Waals surface area contributed by atoms with Crippen LogP contribution in [0.25, 0.3) is 17.0 Å². The molecule has 1 aromatic carbocycles. The van der Waals surface area contributed by atoms with E-state index in [4.69, 9.17) is 9.47 Å². The molecule has 0 radical (unpaired) electrons. The van der Waals surface area contributed by atoms with Gasteiger partial charge >= 0.3 is 0 Å². The van der Waals surface area contributed by atoms with Crippen LogP contribution in [0.1, 0.15) is 11.9 Å². The third kappa shape index (κ3) is 2.37. The fourth-order valence-electron chi connectivity index (χ4n) is 2.83. The second kappa shape index (κ2) is 5.55. The van der Waals surface area contributed by atoms with Crippen molar-refractivity contribution in [2.45, 2.75) is 6.10 Å². The number of fused-ring (bicyclic) bond motifs is 2. The van der Waals surface area contributed by atoms with E-state index in [-0.39, 0.29) is 6.10 Å². The molecule has 0 amide bonds. The van der Waals surface area contributed by atoms with Crippen molar-refractivity contribution in [3.8, 4) is 22.8 Å². The van der Waals surface area contributed by atoms with Crippen molar-refractivity contribution < 1.29 is 9.47 Å². The molecule has 0 unspecified atom stereocenters. The second-order valence-electron chi connectivity index (χ2n) is 5.62. The largest absolute Gasteiger partial charge is 0.485 e. The molecule has 122 valence electrons. The standard InChI is InChI=1S/C18H13N5O2/c1-2-6-15-14(5-1)24-11-16(25-15)17-21-18-20-9-7-13(23(18)22-17)12-4-3-8-19-10-12/h1-10,16H,11H2/t16-/m0/s1. The van der Waals surface area contributed by atoms with E-state index in [0.29, 0.717) is 24.0 Å². The van der Waals surface area contributed by atoms with Gasteiger partial charge in [-0.15, -0.1) is 5.10 Å². The Morgan fingerprint density at radius 1 is 1.00 bits per heavy atom. The summed E-state index contributed by atoms with van der Waals surface area (Å²) in [6.07, 6.45) is 4.86. The summed E-state index contributed by atoms with van der Waals surface area (Å²) in [5.74, 6) is 2.48. The minimum Gasteiger partial charge on any atom is -0.485 e. The number of nitrogens with zero attached hydrogens (tertiary/aromatic N) is 5. The van der Waals surface area contributed by atoms with Gasteiger partial charge in [-0.2, -0.15) is 9.50 Å². The maximum Gasteiger partial charge on any atom is 0.253 e. The average Bonchev–Trinajstić information content (AvgIpc) is 3.12. The van der Waals surface area contributed by atoms with Crippen molar-refractivity contribution >= 4 is 5.78 Å². The summed E-state index contributed by atoms with van der Waals surface area (Å²) in [5, 5.41) is 4.60. The lowest BCUT2D eigenvalue weighted by Crippen LogP contribution is -2.22. The van der Waals surface area contributed by atoms with Crippen LogP contribution in [0.3, 0.4) is 0 Å². The third-order valence-corrected chi connectivity index (χ3v) is 4.01. The van der Waals surface area contributed by atoms with Gasteiger partial charge in [0.1, 0.15) is 6.61 Å². The summed E-state index contributed by atoms with van der Waals surface area (Å²) in [6.45, 7) is 0.357. The molecular weight excluding hydrogens is 318 g/mol. The van der Waals surface area contributed by atoms with Crippen LogP contribution in [0.2, 0.25) is 0 Å². The summed E-state index contributed by atoms with van der Waals surface area (Å²) < 4.78 is 13.5. The van der Waals surface area contributed by atoms with E-state index in [1.165, 1.54) is 0 Å². The van der Waals surface area contributed by atoms with Crippen LogP contribution < -0.4 is 9.47 Å². The van der Waals surface area contributed by atoms with Gasteiger partial charge in [0.25, 0.3) is 5.78 Å². The molecule has 25 heavy (non-hydrogen) atoms. The molecule has 7 nitrogen and oxygen atoms in total. The summed E-state index contributed by atoms with van der Waals surface area (Å²) in [6, 6.07) is 13.3. The van der Waals surface area contributed by atoms with Gasteiger partial charge in [-0.05, 0) is 30.3 Å². The number of aromatic nitrogens is 5. The lowest BCUT2D eigenvalue weighted by Gasteiger charge is -2.24. The quantitative estimate of drug-likeness (QED) is 0.562. The topological polar surface area (TPSA) is 74.4 Å². The number of benzene rings is 1. The van der Waals surface area contributed by atoms with E-state index >= 15 is 0 Å². The van der Waals surface area contributed by atoms with E-state index in [0.717, 1.165) is 17.0 Å². The predicted octanol–water partition coefficient (Wildman–Crippen LogP) is 2.70. The molecule has 1 aliphatic heterocycles. The van der Waals surface area contributed by atoms with Gasteiger partial charge in [0.15, 0.2) is 23.4 Å². The fraction of sp³-hybridized carbons (Fsp3) is 0.111. The Kier molecular flexibility index (Phi) is 3.09. The molecule has 3 aromatic heterocycles. The number of para-hydroxylation sites is 2. The number of hydrogen-bond donors (Lipinski definition) is 0. The van der Waals surface area contributed by atoms with Crippen LogP contribution in [0, 0.1) is 0 Å². The highest BCUT2D eigenvalue weighted by Crippen LogP contribution is 2.35. The van der Waals surface area contributed by atoms with E-state index in [1.54, 1.807) is 23.1 Å². The Balaban J connectivity index is 1.56. The first-order valence-corrected chi connectivity index (χ1v) is 7.89. The number of ether oxygens (including phenoxy) is 2. The molecule has 0 bridgehead atoms. The minimum absolute atomic E-state index is 0.357. The SMILES string of the molecule is c1cncc(-c2ccnc3nc([C@@H]4COc5ccccc5O4)nn23)c1. The summed E-state index contributed by atoms with van der Waals surface area (Å²) >= 11 is 0. The third-order valence-electron chi connectivity index (χ3n) is 4.01. The van der Waals surface area contributed by atoms with Crippen LogP contribution >= 0.6 is 0 Å². The van der Waals surface area contributed by atoms with Crippen molar-refractivity contribution in [3.63, 3.8) is 0 Å². The maximum atomic E-state index is 5.99. The Labute approximate surface area is 142 Å². The fourth-order valence-corrected chi connectivity index (χ4v) is 2.83. The van der Waals surface area contributed by atoms with E-state index < -0.39 is 0 Å². The zero-order valence-corrected chi connectivity index (χ0v) is 13.1. The first-order valence-electron chi connectivity index (χ1n) is 7.89. The van der Waals surface area contributed by atoms with Gasteiger partial charge in [-0.25, -0.2) is 4.98 Å². The average molecular weight is 331 g/mol. The van der Waals surface area contributed by atoms with E-state index in [1.807, 2.05) is 42.5 Å². The summed E-state index contributed by atoms with van der Waals surface area (Å²) in [4.78, 5) is 13.0. The zero-order valence-electron chi connectivity index (χ0n) is 13.1. The van der Waals surface area contributed by atoms with Crippen LogP contribution in [0.5, 0.6) is 11.5 Å². The molecule has 0 N–H and O–H groups in total. The van der Waals surface area contributed by atoms with Crippen LogP contribution in [-0.4, -0.2) is 31.2 Å². The normalized spacial score (nSPS) is 16.1. The smallest absolute Gasteiger partial charge is 0.253 e. The Morgan fingerprint density at radius 2 is 1.92 bits per heavy atom. The van der Waals surface area contributed by atoms with Crippen molar-refractivity contribution in [2.24, 2.45) is 0 Å². The lowest BCUT2D eigenvalue weighted by atomic mass is 10.2. The van der Waals surface area contributed by atoms with Gasteiger partial charge in [-0.3, -0.25) is 4.98 Å². The van der Waals surface area contributed by atoms with Crippen molar-refractivity contribution in [1.29, 1.82) is 0 Å². The van der Waals surface area contributed by atoms with E-state index in [2.05, 4.69) is 20.1 Å². The van der Waals surface area contributed by atoms with E-state index in [9.17, 15) is 0 Å². The van der Waals surface area contributed by atoms with Crippen LogP contribution in [-0.2, 0) is 0 Å². The molecule has 0 fully saturated rings. The number of hydrogen-bond acceptors (Lipinski definition) is 6. The Morgan fingerprint density at radius 3 is 2.80 bits per heavy atom. The molecule has 5 rings (SSSR count). The van der Waals surface area contributed by atoms with Gasteiger partial charge in [0.05, 0.1) is 5.69 Å². The molecule has 0 spiro atoms. The highest BCUT2D eigenvalue weighted by Gasteiger charge is 2.26. The Bertz CT molecular complexity index is 1050. The van der Waals surface area contributed by atoms with Gasteiger partial charge in [-0.1, -0.05) is 12.1 Å². The number of pyridine rings is 1. The molecule has 1 atom stereocenters. The van der Waals surface area contributed by atoms with Crippen molar-refractivity contribution in [1.82, 2.24) is 24.6 Å². The van der Waals surface area contributed by atoms with Crippen molar-refractivity contribution in [3.05, 3.63) is 66.9 Å². The second-order valence-corrected chi connectivity index (χ2v) is 5.62. The van der Waals surface area contributed by atoms with Gasteiger partial charge in [0.2, 0.25) is 0 Å². The molecular formula is C18H13N5O2. The van der Waals surface area contributed by atoms with Gasteiger partial charge < -0.3 is 9.47 Å². The summed E-state index contributed by atoms with van der Waals surface area (Å²) in [5.41, 5.74) is 1.81. The maximum absolute atomic E-state index is 5.99. The molecule has 7 heteroatoms. The molecule has 1 aliphatic rings. The van der Waals surface area contributed by atoms with Crippen LogP contribution in [0.4, 0.5) is 0 Å². The molecule has 4 heterocycles. The molecule has 0 saturated heterocycles. The highest BCUT2D eigenvalue weighted by atomic mass is 16.6. The highest BCUT2D eigenvalue weighted by molar-refractivity contribution is 5.60. The Hall–Kier alpha value is -3.48. The molecule has 0 saturated carbocycles. The first kappa shape index (κ1) is 13.9. The monoisotopic (exact) mass is 331 g/mol. The first-order chi connectivity index (χ1) is 12.4. The zero-order chi connectivity index (χ0) is 16.6. The van der Waals surface area contributed by atoms with Gasteiger partial charge in [0, 0.05) is 24.2 Å². The predicted molar refractivity (Wildman–Crippen MR) is 89.3 cm³/mol. The van der Waals surface area contributed by atoms with Crippen LogP contribution in [0.15, 0.2) is 61.1 Å². The number of rotatable bonds is 2. The molecule has 0 aliphatic carbocycles. The van der Waals surface area contributed by atoms with Crippen molar-refractivity contribution in [2.75, 3.05) is 6.61 Å². The summed E-state index contributed by atoms with van der Waals surface area (Å²) in [7, 11) is 0. The minimum atomic E-state index is -0.377. The lowest BCUT2D eigenvalue weighted by molar-refractivity contribution is 0.0852.